The third-order valence-corrected chi connectivity index (χ3v) is 5.50. The average Bonchev–Trinajstić information content (AvgIpc) is 2.90. The van der Waals surface area contributed by atoms with Crippen LogP contribution in [0.4, 0.5) is 5.69 Å². The van der Waals surface area contributed by atoms with Crippen molar-refractivity contribution in [3.63, 3.8) is 0 Å². The van der Waals surface area contributed by atoms with Crippen molar-refractivity contribution in [3.05, 3.63) is 58.6 Å². The number of nitro groups is 1. The Kier molecular flexibility index (Phi) is 3.30. The van der Waals surface area contributed by atoms with E-state index < -0.39 is 0 Å². The molecule has 0 N–H and O–H groups in total. The molecule has 2 aromatic carbocycles. The SMILES string of the molecule is COc1ccc2cc(-c3ccc([N+](=O)[O-])cc3)[se]c2c1. The van der Waals surface area contributed by atoms with E-state index in [4.69, 9.17) is 4.74 Å². The fraction of sp³-hybridized carbons (Fsp3) is 0.0667. The molecule has 0 saturated heterocycles. The molecule has 0 amide bonds. The number of hydrogen-bond acceptors (Lipinski definition) is 3. The van der Waals surface area contributed by atoms with Crippen molar-refractivity contribution in [1.82, 2.24) is 0 Å². The molecule has 1 heterocycles. The van der Waals surface area contributed by atoms with Gasteiger partial charge in [-0.25, -0.2) is 0 Å². The van der Waals surface area contributed by atoms with Crippen LogP contribution in [-0.2, 0) is 0 Å². The molecule has 3 rings (SSSR count). The number of non-ortho nitro benzene ring substituents is 1. The standard InChI is InChI=1S/C15H11NO3Se/c1-19-13-7-4-11-8-14(20-15(11)9-13)10-2-5-12(6-3-10)16(17)18/h2-9H,1H3. The number of benzene rings is 2. The molecule has 0 aliphatic carbocycles. The number of nitro benzene ring substituents is 1. The van der Waals surface area contributed by atoms with Gasteiger partial charge in [0.05, 0.1) is 0 Å². The molecule has 0 unspecified atom stereocenters. The van der Waals surface area contributed by atoms with E-state index in [1.54, 1.807) is 19.2 Å². The van der Waals surface area contributed by atoms with Gasteiger partial charge in [-0.3, -0.25) is 0 Å². The van der Waals surface area contributed by atoms with Crippen molar-refractivity contribution in [1.29, 1.82) is 0 Å². The Labute approximate surface area is 121 Å². The van der Waals surface area contributed by atoms with Gasteiger partial charge in [-0.15, -0.1) is 0 Å². The summed E-state index contributed by atoms with van der Waals surface area (Å²) in [5.41, 5.74) is 1.17. The van der Waals surface area contributed by atoms with E-state index in [2.05, 4.69) is 12.1 Å². The van der Waals surface area contributed by atoms with Gasteiger partial charge in [0.1, 0.15) is 0 Å². The molecular formula is C15H11NO3Se. The van der Waals surface area contributed by atoms with Crippen LogP contribution >= 0.6 is 0 Å². The van der Waals surface area contributed by atoms with Crippen LogP contribution in [0.15, 0.2) is 48.5 Å². The Bertz CT molecular complexity index is 777. The first-order valence-electron chi connectivity index (χ1n) is 6.00. The van der Waals surface area contributed by atoms with E-state index in [0.717, 1.165) is 11.3 Å². The van der Waals surface area contributed by atoms with Crippen LogP contribution in [0.3, 0.4) is 0 Å². The molecule has 20 heavy (non-hydrogen) atoms. The van der Waals surface area contributed by atoms with Gasteiger partial charge in [0.2, 0.25) is 0 Å². The zero-order valence-corrected chi connectivity index (χ0v) is 12.4. The summed E-state index contributed by atoms with van der Waals surface area (Å²) >= 11 is 0.208. The van der Waals surface area contributed by atoms with Crippen LogP contribution in [0, 0.1) is 10.1 Å². The third-order valence-electron chi connectivity index (χ3n) is 3.09. The molecule has 0 aliphatic rings. The molecule has 0 fully saturated rings. The maximum absolute atomic E-state index is 10.7. The van der Waals surface area contributed by atoms with E-state index in [0.29, 0.717) is 0 Å². The third kappa shape index (κ3) is 2.33. The molecule has 1 aromatic heterocycles. The molecule has 100 valence electrons. The molecule has 0 radical (unpaired) electrons. The van der Waals surface area contributed by atoms with Gasteiger partial charge in [-0.1, -0.05) is 0 Å². The van der Waals surface area contributed by atoms with Crippen molar-refractivity contribution in [3.8, 4) is 15.8 Å². The van der Waals surface area contributed by atoms with Crippen molar-refractivity contribution >= 4 is 29.8 Å². The second kappa shape index (κ2) is 5.12. The van der Waals surface area contributed by atoms with Gasteiger partial charge in [0, 0.05) is 0 Å². The number of hydrogen-bond donors (Lipinski definition) is 0. The Hall–Kier alpha value is -2.10. The van der Waals surface area contributed by atoms with Crippen molar-refractivity contribution in [2.75, 3.05) is 7.11 Å². The van der Waals surface area contributed by atoms with Crippen LogP contribution in [0.1, 0.15) is 0 Å². The van der Waals surface area contributed by atoms with Gasteiger partial charge in [-0.2, -0.15) is 0 Å². The Balaban J connectivity index is 2.03. The van der Waals surface area contributed by atoms with Crippen molar-refractivity contribution in [2.45, 2.75) is 0 Å². The van der Waals surface area contributed by atoms with Crippen LogP contribution in [0.2, 0.25) is 0 Å². The van der Waals surface area contributed by atoms with Crippen LogP contribution < -0.4 is 4.74 Å². The second-order valence-electron chi connectivity index (χ2n) is 4.32. The summed E-state index contributed by atoms with van der Waals surface area (Å²) in [4.78, 5) is 10.3. The summed E-state index contributed by atoms with van der Waals surface area (Å²) in [6.07, 6.45) is 0. The first-order valence-corrected chi connectivity index (χ1v) is 7.71. The van der Waals surface area contributed by atoms with Crippen LogP contribution in [0.25, 0.3) is 19.6 Å². The zero-order chi connectivity index (χ0) is 14.1. The predicted molar refractivity (Wildman–Crippen MR) is 79.5 cm³/mol. The summed E-state index contributed by atoms with van der Waals surface area (Å²) in [7, 11) is 1.66. The molecule has 0 saturated carbocycles. The van der Waals surface area contributed by atoms with Gasteiger partial charge < -0.3 is 0 Å². The molecule has 0 atom stereocenters. The van der Waals surface area contributed by atoms with E-state index in [1.807, 2.05) is 24.3 Å². The van der Waals surface area contributed by atoms with E-state index in [1.165, 1.54) is 14.1 Å². The minimum absolute atomic E-state index is 0.124. The molecular weight excluding hydrogens is 321 g/mol. The first-order chi connectivity index (χ1) is 9.67. The van der Waals surface area contributed by atoms with Crippen LogP contribution in [-0.4, -0.2) is 26.5 Å². The molecule has 0 spiro atoms. The summed E-state index contributed by atoms with van der Waals surface area (Å²) in [6.45, 7) is 0. The summed E-state index contributed by atoms with van der Waals surface area (Å²) < 4.78 is 7.75. The monoisotopic (exact) mass is 333 g/mol. The normalized spacial score (nSPS) is 10.7. The number of rotatable bonds is 3. The van der Waals surface area contributed by atoms with Gasteiger partial charge in [0.25, 0.3) is 0 Å². The van der Waals surface area contributed by atoms with Gasteiger partial charge >= 0.3 is 121 Å². The van der Waals surface area contributed by atoms with Gasteiger partial charge in [0.15, 0.2) is 0 Å². The Morgan fingerprint density at radius 3 is 2.50 bits per heavy atom. The Morgan fingerprint density at radius 2 is 1.85 bits per heavy atom. The molecule has 0 bridgehead atoms. The van der Waals surface area contributed by atoms with Gasteiger partial charge in [-0.05, 0) is 0 Å². The van der Waals surface area contributed by atoms with E-state index in [9.17, 15) is 10.1 Å². The number of methoxy groups -OCH3 is 1. The molecule has 4 nitrogen and oxygen atoms in total. The second-order valence-corrected chi connectivity index (χ2v) is 6.59. The topological polar surface area (TPSA) is 52.4 Å². The molecule has 0 aliphatic heterocycles. The first kappa shape index (κ1) is 12.9. The van der Waals surface area contributed by atoms with Crippen molar-refractivity contribution in [2.24, 2.45) is 0 Å². The quantitative estimate of drug-likeness (QED) is 0.419. The summed E-state index contributed by atoms with van der Waals surface area (Å²) in [6, 6.07) is 14.9. The maximum atomic E-state index is 10.7. The number of ether oxygens (including phenoxy) is 1. The average molecular weight is 332 g/mol. The fourth-order valence-electron chi connectivity index (χ4n) is 2.03. The molecule has 5 heteroatoms. The van der Waals surface area contributed by atoms with Crippen LogP contribution in [0.5, 0.6) is 5.75 Å². The minimum atomic E-state index is -0.377. The van der Waals surface area contributed by atoms with E-state index >= 15 is 0 Å². The molecule has 3 aromatic rings. The number of nitrogens with zero attached hydrogens (tertiary/aromatic N) is 1. The van der Waals surface area contributed by atoms with Crippen molar-refractivity contribution < 1.29 is 9.66 Å². The fourth-order valence-corrected chi connectivity index (χ4v) is 4.33. The number of fused-ring (bicyclic) bond motifs is 1. The predicted octanol–water partition coefficient (Wildman–Crippen LogP) is 3.48. The zero-order valence-electron chi connectivity index (χ0n) is 10.7. The summed E-state index contributed by atoms with van der Waals surface area (Å²) in [5, 5.41) is 11.9. The Morgan fingerprint density at radius 1 is 1.10 bits per heavy atom. The van der Waals surface area contributed by atoms with E-state index in [-0.39, 0.29) is 25.1 Å². The summed E-state index contributed by atoms with van der Waals surface area (Å²) in [5.74, 6) is 0.865.